The SMILES string of the molecule is O=C(O)C1CC1C(=O)N1CCC12CCC2. The number of rotatable bonds is 2. The fourth-order valence-electron chi connectivity index (χ4n) is 2.93. The zero-order chi connectivity index (χ0) is 10.6. The molecule has 1 aliphatic heterocycles. The van der Waals surface area contributed by atoms with E-state index in [0.717, 1.165) is 25.8 Å². The Balaban J connectivity index is 1.64. The van der Waals surface area contributed by atoms with Crippen molar-refractivity contribution in [3.8, 4) is 0 Å². The van der Waals surface area contributed by atoms with Crippen LogP contribution in [0.3, 0.4) is 0 Å². The Morgan fingerprint density at radius 1 is 1.20 bits per heavy atom. The molecule has 1 N–H and O–H groups in total. The zero-order valence-corrected chi connectivity index (χ0v) is 8.61. The van der Waals surface area contributed by atoms with Crippen LogP contribution in [0.5, 0.6) is 0 Å². The van der Waals surface area contributed by atoms with Crippen molar-refractivity contribution >= 4 is 11.9 Å². The molecule has 4 nitrogen and oxygen atoms in total. The van der Waals surface area contributed by atoms with Gasteiger partial charge in [0.15, 0.2) is 0 Å². The van der Waals surface area contributed by atoms with Gasteiger partial charge < -0.3 is 10.0 Å². The molecule has 2 unspecified atom stereocenters. The summed E-state index contributed by atoms with van der Waals surface area (Å²) in [5.74, 6) is -1.31. The third kappa shape index (κ3) is 1.13. The number of carboxylic acid groups (broad SMARTS) is 1. The van der Waals surface area contributed by atoms with Gasteiger partial charge in [0.05, 0.1) is 11.8 Å². The quantitative estimate of drug-likeness (QED) is 0.734. The summed E-state index contributed by atoms with van der Waals surface area (Å²) >= 11 is 0. The standard InChI is InChI=1S/C11H15NO3/c13-9(7-6-8(7)10(14)15)12-5-4-11(12)2-1-3-11/h7-8H,1-6H2,(H,14,15). The maximum atomic E-state index is 12.0. The van der Waals surface area contributed by atoms with Crippen LogP contribution in [0.1, 0.15) is 32.1 Å². The lowest BCUT2D eigenvalue weighted by atomic mass is 9.67. The molecular weight excluding hydrogens is 194 g/mol. The molecule has 3 aliphatic rings. The third-order valence-corrected chi connectivity index (χ3v) is 4.35. The Morgan fingerprint density at radius 3 is 2.27 bits per heavy atom. The van der Waals surface area contributed by atoms with Crippen molar-refractivity contribution in [3.63, 3.8) is 0 Å². The van der Waals surface area contributed by atoms with Crippen molar-refractivity contribution in [3.05, 3.63) is 0 Å². The fraction of sp³-hybridized carbons (Fsp3) is 0.818. The van der Waals surface area contributed by atoms with Gasteiger partial charge in [0.25, 0.3) is 0 Å². The second-order valence-electron chi connectivity index (χ2n) is 5.10. The predicted molar refractivity (Wildman–Crippen MR) is 52.1 cm³/mol. The number of hydrogen-bond acceptors (Lipinski definition) is 2. The highest BCUT2D eigenvalue weighted by molar-refractivity contribution is 5.90. The number of amides is 1. The van der Waals surface area contributed by atoms with Crippen molar-refractivity contribution in [2.75, 3.05) is 6.54 Å². The smallest absolute Gasteiger partial charge is 0.307 e. The molecule has 3 rings (SSSR count). The van der Waals surface area contributed by atoms with Crippen molar-refractivity contribution in [2.24, 2.45) is 11.8 Å². The summed E-state index contributed by atoms with van der Waals surface area (Å²) in [5, 5.41) is 8.78. The summed E-state index contributed by atoms with van der Waals surface area (Å²) in [6.45, 7) is 0.849. The van der Waals surface area contributed by atoms with Crippen molar-refractivity contribution < 1.29 is 14.7 Å². The van der Waals surface area contributed by atoms with Gasteiger partial charge in [-0.1, -0.05) is 0 Å². The monoisotopic (exact) mass is 209 g/mol. The van der Waals surface area contributed by atoms with Gasteiger partial charge in [-0.05, 0) is 32.1 Å². The molecule has 4 heteroatoms. The number of hydrogen-bond donors (Lipinski definition) is 1. The van der Waals surface area contributed by atoms with Crippen molar-refractivity contribution in [1.29, 1.82) is 0 Å². The van der Waals surface area contributed by atoms with Crippen LogP contribution in [0.4, 0.5) is 0 Å². The highest BCUT2D eigenvalue weighted by Crippen LogP contribution is 2.50. The topological polar surface area (TPSA) is 57.6 Å². The molecule has 3 fully saturated rings. The summed E-state index contributed by atoms with van der Waals surface area (Å²) in [4.78, 5) is 24.6. The summed E-state index contributed by atoms with van der Waals surface area (Å²) in [7, 11) is 0. The van der Waals surface area contributed by atoms with Gasteiger partial charge in [0.2, 0.25) is 5.91 Å². The highest BCUT2D eigenvalue weighted by atomic mass is 16.4. The van der Waals surface area contributed by atoms with Crippen molar-refractivity contribution in [1.82, 2.24) is 4.90 Å². The maximum Gasteiger partial charge on any atom is 0.307 e. The van der Waals surface area contributed by atoms with E-state index in [4.69, 9.17) is 5.11 Å². The molecule has 82 valence electrons. The van der Waals surface area contributed by atoms with E-state index in [-0.39, 0.29) is 17.4 Å². The average molecular weight is 209 g/mol. The maximum absolute atomic E-state index is 12.0. The highest BCUT2D eigenvalue weighted by Gasteiger charge is 2.57. The summed E-state index contributed by atoms with van der Waals surface area (Å²) < 4.78 is 0. The van der Waals surface area contributed by atoms with E-state index < -0.39 is 11.9 Å². The molecule has 15 heavy (non-hydrogen) atoms. The molecule has 0 aromatic carbocycles. The van der Waals surface area contributed by atoms with Gasteiger partial charge in [-0.25, -0.2) is 0 Å². The molecule has 2 atom stereocenters. The number of carbonyl (C=O) groups is 2. The van der Waals surface area contributed by atoms with Gasteiger partial charge in [-0.3, -0.25) is 9.59 Å². The van der Waals surface area contributed by atoms with Gasteiger partial charge >= 0.3 is 5.97 Å². The lowest BCUT2D eigenvalue weighted by Crippen LogP contribution is -2.66. The first kappa shape index (κ1) is 9.19. The number of carboxylic acids is 1. The Bertz CT molecular complexity index is 329. The molecule has 1 amide bonds. The third-order valence-electron chi connectivity index (χ3n) is 4.35. The first-order chi connectivity index (χ1) is 7.14. The lowest BCUT2D eigenvalue weighted by Gasteiger charge is -2.58. The van der Waals surface area contributed by atoms with E-state index in [2.05, 4.69) is 0 Å². The van der Waals surface area contributed by atoms with E-state index >= 15 is 0 Å². The van der Waals surface area contributed by atoms with E-state index in [1.54, 1.807) is 0 Å². The predicted octanol–water partition coefficient (Wildman–Crippen LogP) is 0.862. The van der Waals surface area contributed by atoms with E-state index in [9.17, 15) is 9.59 Å². The van der Waals surface area contributed by atoms with Gasteiger partial charge in [0.1, 0.15) is 0 Å². The van der Waals surface area contributed by atoms with Crippen LogP contribution in [0.2, 0.25) is 0 Å². The molecule has 0 radical (unpaired) electrons. The second-order valence-corrected chi connectivity index (χ2v) is 5.10. The number of aliphatic carboxylic acids is 1. The van der Waals surface area contributed by atoms with Crippen LogP contribution in [-0.2, 0) is 9.59 Å². The van der Waals surface area contributed by atoms with Gasteiger partial charge in [-0.2, -0.15) is 0 Å². The Hall–Kier alpha value is -1.06. The minimum Gasteiger partial charge on any atom is -0.481 e. The lowest BCUT2D eigenvalue weighted by molar-refractivity contribution is -0.159. The van der Waals surface area contributed by atoms with Gasteiger partial charge in [0, 0.05) is 12.1 Å². The Kier molecular flexibility index (Phi) is 1.68. The number of carbonyl (C=O) groups excluding carboxylic acids is 1. The average Bonchev–Trinajstić information content (AvgIpc) is 2.76. The molecule has 0 aromatic heterocycles. The zero-order valence-electron chi connectivity index (χ0n) is 8.61. The van der Waals surface area contributed by atoms with Crippen LogP contribution in [-0.4, -0.2) is 34.0 Å². The molecule has 1 spiro atoms. The minimum absolute atomic E-state index is 0.105. The van der Waals surface area contributed by atoms with Gasteiger partial charge in [-0.15, -0.1) is 0 Å². The summed E-state index contributed by atoms with van der Waals surface area (Å²) in [6, 6.07) is 0. The molecule has 2 aliphatic carbocycles. The largest absolute Gasteiger partial charge is 0.481 e. The minimum atomic E-state index is -0.809. The van der Waals surface area contributed by atoms with Crippen LogP contribution < -0.4 is 0 Å². The molecule has 0 aromatic rings. The summed E-state index contributed by atoms with van der Waals surface area (Å²) in [5.41, 5.74) is 0.169. The van der Waals surface area contributed by atoms with Crippen LogP contribution >= 0.6 is 0 Å². The van der Waals surface area contributed by atoms with Crippen molar-refractivity contribution in [2.45, 2.75) is 37.6 Å². The fourth-order valence-corrected chi connectivity index (χ4v) is 2.93. The normalized spacial score (nSPS) is 35.6. The number of likely N-dealkylation sites (tertiary alicyclic amines) is 1. The summed E-state index contributed by atoms with van der Waals surface area (Å²) in [6.07, 6.45) is 5.16. The Labute approximate surface area is 88.2 Å². The van der Waals surface area contributed by atoms with E-state index in [0.29, 0.717) is 6.42 Å². The van der Waals surface area contributed by atoms with Crippen LogP contribution in [0.15, 0.2) is 0 Å². The first-order valence-electron chi connectivity index (χ1n) is 5.68. The van der Waals surface area contributed by atoms with Crippen LogP contribution in [0, 0.1) is 11.8 Å². The molecule has 2 saturated carbocycles. The second kappa shape index (κ2) is 2.74. The van der Waals surface area contributed by atoms with E-state index in [1.807, 2.05) is 4.90 Å². The molecular formula is C11H15NO3. The molecule has 1 saturated heterocycles. The first-order valence-corrected chi connectivity index (χ1v) is 5.68. The van der Waals surface area contributed by atoms with Crippen LogP contribution in [0.25, 0.3) is 0 Å². The number of nitrogens with zero attached hydrogens (tertiary/aromatic N) is 1. The molecule has 1 heterocycles. The van der Waals surface area contributed by atoms with E-state index in [1.165, 1.54) is 6.42 Å². The molecule has 0 bridgehead atoms. The Morgan fingerprint density at radius 2 is 1.93 bits per heavy atom.